The van der Waals surface area contributed by atoms with E-state index in [1.165, 1.54) is 21.5 Å². The molecule has 0 N–H and O–H groups in total. The largest absolute Gasteiger partial charge is 0.205 e. The molecule has 2 heterocycles. The summed E-state index contributed by atoms with van der Waals surface area (Å²) in [4.78, 5) is 0. The quantitative estimate of drug-likeness (QED) is 0.557. The summed E-state index contributed by atoms with van der Waals surface area (Å²) in [5.41, 5.74) is 1.30. The number of benzene rings is 2. The molecule has 3 aromatic rings. The molecule has 18 heavy (non-hydrogen) atoms. The third kappa shape index (κ3) is 1.45. The van der Waals surface area contributed by atoms with E-state index in [-0.39, 0.29) is 7.53 Å². The Morgan fingerprint density at radius 3 is 2.56 bits per heavy atom. The molecule has 86 valence electrons. The summed E-state index contributed by atoms with van der Waals surface area (Å²) in [5.74, 6) is 0. The van der Waals surface area contributed by atoms with Crippen LogP contribution in [-0.2, 0) is 6.29 Å². The molecular weight excluding hydrogens is 237 g/mol. The molecule has 1 aromatic heterocycles. The van der Waals surface area contributed by atoms with Gasteiger partial charge in [-0.15, -0.1) is 0 Å². The number of fused-ring (bicyclic) bond motifs is 3. The molecule has 1 nitrogen and oxygen atoms in total. The van der Waals surface area contributed by atoms with Crippen molar-refractivity contribution < 1.29 is 4.58 Å². The van der Waals surface area contributed by atoms with Crippen LogP contribution >= 0.6 is 7.53 Å². The minimum atomic E-state index is -0.140. The summed E-state index contributed by atoms with van der Waals surface area (Å²) in [6.07, 6.45) is 3.45. The summed E-state index contributed by atoms with van der Waals surface area (Å²) in [5, 5.41) is 4.47. The Bertz CT molecular complexity index is 753. The summed E-state index contributed by atoms with van der Waals surface area (Å²) < 4.78 is 2.38. The van der Waals surface area contributed by atoms with Gasteiger partial charge < -0.3 is 0 Å². The van der Waals surface area contributed by atoms with E-state index in [1.807, 2.05) is 0 Å². The third-order valence-electron chi connectivity index (χ3n) is 3.51. The summed E-state index contributed by atoms with van der Waals surface area (Å²) in [6, 6.07) is 21.8. The summed E-state index contributed by atoms with van der Waals surface area (Å²) in [6.45, 7) is 0. The summed E-state index contributed by atoms with van der Waals surface area (Å²) in [7, 11) is -0.140. The first-order chi connectivity index (χ1) is 8.92. The SMILES string of the molecule is C1=[N+](c2ccccc2)Cp2c1cc1ccccc12. The number of para-hydroxylation sites is 1. The topological polar surface area (TPSA) is 3.01 Å². The smallest absolute Gasteiger partial charge is 0.190 e. The van der Waals surface area contributed by atoms with E-state index in [2.05, 4.69) is 71.5 Å². The Balaban J connectivity index is 1.85. The van der Waals surface area contributed by atoms with Gasteiger partial charge in [0.1, 0.15) is 0 Å². The van der Waals surface area contributed by atoms with Gasteiger partial charge in [0.25, 0.3) is 0 Å². The van der Waals surface area contributed by atoms with E-state index < -0.39 is 0 Å². The maximum Gasteiger partial charge on any atom is 0.205 e. The van der Waals surface area contributed by atoms with Gasteiger partial charge in [0.15, 0.2) is 12.5 Å². The van der Waals surface area contributed by atoms with Crippen LogP contribution in [0, 0.1) is 0 Å². The second kappa shape index (κ2) is 3.83. The standard InChI is InChI=1S/C16H13NP/c1-2-7-14(8-3-1)17-11-15-10-13-6-4-5-9-16(13)18(15)12-17/h1-11H,12H2/q+1. The molecule has 2 heteroatoms. The zero-order valence-electron chi connectivity index (χ0n) is 9.95. The molecule has 0 saturated heterocycles. The molecule has 0 aliphatic carbocycles. The number of hydrogen-bond acceptors (Lipinski definition) is 0. The van der Waals surface area contributed by atoms with Crippen molar-refractivity contribution in [1.29, 1.82) is 0 Å². The minimum Gasteiger partial charge on any atom is -0.190 e. The average molecular weight is 250 g/mol. The van der Waals surface area contributed by atoms with E-state index in [0.29, 0.717) is 0 Å². The molecule has 0 radical (unpaired) electrons. The Kier molecular flexibility index (Phi) is 2.15. The van der Waals surface area contributed by atoms with Crippen molar-refractivity contribution >= 4 is 29.9 Å². The zero-order valence-corrected chi connectivity index (χ0v) is 10.8. The van der Waals surface area contributed by atoms with Crippen LogP contribution in [0.5, 0.6) is 0 Å². The van der Waals surface area contributed by atoms with Gasteiger partial charge in [-0.1, -0.05) is 42.5 Å². The van der Waals surface area contributed by atoms with Crippen LogP contribution in [0.4, 0.5) is 5.69 Å². The molecule has 0 bridgehead atoms. The van der Waals surface area contributed by atoms with Gasteiger partial charge >= 0.3 is 0 Å². The van der Waals surface area contributed by atoms with Crippen LogP contribution in [0.1, 0.15) is 5.30 Å². The van der Waals surface area contributed by atoms with Gasteiger partial charge in [-0.3, -0.25) is 0 Å². The first-order valence-electron chi connectivity index (χ1n) is 6.17. The van der Waals surface area contributed by atoms with E-state index in [9.17, 15) is 0 Å². The van der Waals surface area contributed by atoms with E-state index in [4.69, 9.17) is 0 Å². The molecule has 2 aromatic carbocycles. The maximum atomic E-state index is 2.38. The Labute approximate surface area is 107 Å². The van der Waals surface area contributed by atoms with Crippen molar-refractivity contribution in [2.75, 3.05) is 0 Å². The van der Waals surface area contributed by atoms with Gasteiger partial charge in [-0.05, 0) is 19.0 Å². The lowest BCUT2D eigenvalue weighted by atomic mass is 10.2. The molecular formula is C16H13NP+. The second-order valence-corrected chi connectivity index (χ2v) is 6.77. The highest BCUT2D eigenvalue weighted by Crippen LogP contribution is 2.47. The lowest BCUT2D eigenvalue weighted by Crippen LogP contribution is -1.97. The Morgan fingerprint density at radius 1 is 0.889 bits per heavy atom. The molecule has 4 rings (SSSR count). The van der Waals surface area contributed by atoms with Crippen molar-refractivity contribution in [2.24, 2.45) is 0 Å². The van der Waals surface area contributed by atoms with Crippen LogP contribution in [0.15, 0.2) is 60.7 Å². The van der Waals surface area contributed by atoms with Crippen molar-refractivity contribution in [1.82, 2.24) is 0 Å². The highest BCUT2D eigenvalue weighted by atomic mass is 31.1. The van der Waals surface area contributed by atoms with Gasteiger partial charge in [0, 0.05) is 17.3 Å². The molecule has 0 fully saturated rings. The van der Waals surface area contributed by atoms with Gasteiger partial charge in [-0.2, -0.15) is 4.58 Å². The first-order valence-corrected chi connectivity index (χ1v) is 7.69. The fourth-order valence-electron chi connectivity index (χ4n) is 2.63. The van der Waals surface area contributed by atoms with Gasteiger partial charge in [0.2, 0.25) is 5.69 Å². The molecule has 0 amide bonds. The number of hydrogen-bond donors (Lipinski definition) is 0. The van der Waals surface area contributed by atoms with Gasteiger partial charge in [-0.25, -0.2) is 0 Å². The van der Waals surface area contributed by atoms with Crippen molar-refractivity contribution in [3.05, 3.63) is 66.0 Å². The maximum absolute atomic E-state index is 2.38. The fourth-order valence-corrected chi connectivity index (χ4v) is 5.06. The highest BCUT2D eigenvalue weighted by molar-refractivity contribution is 7.56. The Morgan fingerprint density at radius 2 is 1.67 bits per heavy atom. The lowest BCUT2D eigenvalue weighted by molar-refractivity contribution is -0.435. The van der Waals surface area contributed by atoms with Crippen LogP contribution in [0.2, 0.25) is 0 Å². The van der Waals surface area contributed by atoms with Crippen LogP contribution in [-0.4, -0.2) is 10.8 Å². The van der Waals surface area contributed by atoms with E-state index in [0.717, 1.165) is 6.29 Å². The third-order valence-corrected chi connectivity index (χ3v) is 5.96. The van der Waals surface area contributed by atoms with Crippen molar-refractivity contribution in [3.8, 4) is 0 Å². The Hall–Kier alpha value is -1.85. The van der Waals surface area contributed by atoms with Crippen molar-refractivity contribution in [2.45, 2.75) is 6.29 Å². The van der Waals surface area contributed by atoms with Crippen molar-refractivity contribution in [3.63, 3.8) is 0 Å². The molecule has 0 saturated carbocycles. The normalized spacial score (nSPS) is 14.7. The van der Waals surface area contributed by atoms with Gasteiger partial charge in [0.05, 0.1) is 5.30 Å². The zero-order chi connectivity index (χ0) is 11.9. The minimum absolute atomic E-state index is 0.140. The first kappa shape index (κ1) is 10.1. The average Bonchev–Trinajstić information content (AvgIpc) is 2.97. The number of nitrogens with zero attached hydrogens (tertiary/aromatic N) is 1. The van der Waals surface area contributed by atoms with Crippen LogP contribution in [0.25, 0.3) is 10.5 Å². The highest BCUT2D eigenvalue weighted by Gasteiger charge is 2.23. The molecule has 1 atom stereocenters. The number of rotatable bonds is 1. The second-order valence-electron chi connectivity index (χ2n) is 4.63. The predicted molar refractivity (Wildman–Crippen MR) is 78.2 cm³/mol. The fraction of sp³-hybridized carbons (Fsp3) is 0.0625. The summed E-state index contributed by atoms with van der Waals surface area (Å²) >= 11 is 0. The lowest BCUT2D eigenvalue weighted by Gasteiger charge is -1.98. The van der Waals surface area contributed by atoms with E-state index >= 15 is 0 Å². The van der Waals surface area contributed by atoms with E-state index in [1.54, 1.807) is 0 Å². The molecule has 1 aliphatic rings. The van der Waals surface area contributed by atoms with Crippen LogP contribution < -0.4 is 0 Å². The monoisotopic (exact) mass is 250 g/mol. The molecule has 0 spiro atoms. The molecule has 1 aliphatic heterocycles. The predicted octanol–water partition coefficient (Wildman–Crippen LogP) is 4.56. The molecule has 1 unspecified atom stereocenters. The van der Waals surface area contributed by atoms with Crippen LogP contribution in [0.3, 0.4) is 0 Å².